The molecule has 1 aromatic heterocycles. The Hall–Kier alpha value is -5.34. The Bertz CT molecular complexity index is 2280. The summed E-state index contributed by atoms with van der Waals surface area (Å²) in [6.07, 6.45) is 35.0. The lowest BCUT2D eigenvalue weighted by Gasteiger charge is -2.36. The van der Waals surface area contributed by atoms with Crippen molar-refractivity contribution in [2.75, 3.05) is 4.90 Å². The van der Waals surface area contributed by atoms with E-state index in [0.717, 1.165) is 49.9 Å². The highest BCUT2D eigenvalue weighted by molar-refractivity contribution is 5.95. The van der Waals surface area contributed by atoms with Gasteiger partial charge >= 0.3 is 0 Å². The van der Waals surface area contributed by atoms with Crippen molar-refractivity contribution in [2.45, 2.75) is 44.4 Å². The number of hydrogen-bond acceptors (Lipinski definition) is 2. The molecule has 2 nitrogen and oxygen atoms in total. The summed E-state index contributed by atoms with van der Waals surface area (Å²) >= 11 is 0. The van der Waals surface area contributed by atoms with Crippen LogP contribution in [0.5, 0.6) is 0 Å². The van der Waals surface area contributed by atoms with Gasteiger partial charge in [-0.2, -0.15) is 0 Å². The summed E-state index contributed by atoms with van der Waals surface area (Å²) in [6.45, 7) is 0. The first-order chi connectivity index (χ1) is 24.8. The van der Waals surface area contributed by atoms with Crippen molar-refractivity contribution < 1.29 is 4.42 Å². The minimum Gasteiger partial charge on any atom is -0.460 e. The van der Waals surface area contributed by atoms with Crippen LogP contribution in [0.2, 0.25) is 0 Å². The van der Waals surface area contributed by atoms with Gasteiger partial charge in [-0.25, -0.2) is 0 Å². The third kappa shape index (κ3) is 5.00. The highest BCUT2D eigenvalue weighted by Gasteiger charge is 2.33. The first-order valence-corrected chi connectivity index (χ1v) is 18.5. The largest absolute Gasteiger partial charge is 0.460 e. The maximum absolute atomic E-state index is 6.32. The number of furan rings is 1. The van der Waals surface area contributed by atoms with Crippen LogP contribution >= 0.6 is 0 Å². The summed E-state index contributed by atoms with van der Waals surface area (Å²) in [4.78, 5) is 2.42. The van der Waals surface area contributed by atoms with E-state index in [1.165, 1.54) is 50.3 Å². The van der Waals surface area contributed by atoms with Crippen LogP contribution in [0.1, 0.15) is 54.9 Å². The van der Waals surface area contributed by atoms with Gasteiger partial charge in [0.1, 0.15) is 11.3 Å². The molecule has 0 amide bonds. The standard InChI is InChI=1S/C48H41NO/c1-2-11-37(12-3-1)49(39-27-22-33(23-28-39)44-31-36-10-4-5-13-40(36)41-14-6-7-15-42(41)44)38-25-20-32(21-26-38)35-19-18-34-24-29-47-48(45(34)30-35)43-16-8-9-17-46(43)50-47/h1-6,8-14,16-22,25-28,31,33,35-36,40H,7,15,23-24,29-30H2. The minimum absolute atomic E-state index is 0.342. The number of para-hydroxylation sites is 2. The summed E-state index contributed by atoms with van der Waals surface area (Å²) < 4.78 is 6.32. The SMILES string of the molecule is C1=CC2C=C(C3C=CC(N(c4ccccc4)c4ccc(C5C=CC6=C(C5)c5c(oc7ccccc57)CC6)cc4)=CC3)C3=C(C=CCC3)C2C=C1. The van der Waals surface area contributed by atoms with E-state index in [1.807, 2.05) is 0 Å². The normalized spacial score (nSPS) is 24.8. The van der Waals surface area contributed by atoms with Crippen molar-refractivity contribution in [1.29, 1.82) is 0 Å². The third-order valence-electron chi connectivity index (χ3n) is 11.7. The maximum atomic E-state index is 6.32. The summed E-state index contributed by atoms with van der Waals surface area (Å²) in [7, 11) is 0. The number of benzene rings is 3. The Labute approximate surface area is 295 Å². The predicted octanol–water partition coefficient (Wildman–Crippen LogP) is 12.4. The van der Waals surface area contributed by atoms with Crippen molar-refractivity contribution in [3.05, 3.63) is 197 Å². The van der Waals surface area contributed by atoms with E-state index in [4.69, 9.17) is 4.42 Å². The molecule has 3 aromatic carbocycles. The highest BCUT2D eigenvalue weighted by atomic mass is 16.3. The molecule has 244 valence electrons. The summed E-state index contributed by atoms with van der Waals surface area (Å²) in [5, 5.41) is 1.26. The van der Waals surface area contributed by atoms with Crippen LogP contribution in [-0.2, 0) is 6.42 Å². The van der Waals surface area contributed by atoms with Gasteiger partial charge in [-0.15, -0.1) is 0 Å². The minimum atomic E-state index is 0.342. The second kappa shape index (κ2) is 12.2. The Balaban J connectivity index is 0.926. The Kier molecular flexibility index (Phi) is 7.22. The zero-order chi connectivity index (χ0) is 33.0. The monoisotopic (exact) mass is 647 g/mol. The third-order valence-corrected chi connectivity index (χ3v) is 11.7. The molecule has 4 unspecified atom stereocenters. The number of hydrogen-bond donors (Lipinski definition) is 0. The molecule has 6 aliphatic rings. The van der Waals surface area contributed by atoms with Crippen molar-refractivity contribution in [3.8, 4) is 0 Å². The average Bonchev–Trinajstić information content (AvgIpc) is 3.58. The Morgan fingerprint density at radius 1 is 0.680 bits per heavy atom. The van der Waals surface area contributed by atoms with Gasteiger partial charge in [-0.05, 0) is 102 Å². The molecule has 0 saturated carbocycles. The predicted molar refractivity (Wildman–Crippen MR) is 207 cm³/mol. The van der Waals surface area contributed by atoms with Crippen LogP contribution in [0.4, 0.5) is 11.4 Å². The molecule has 0 bridgehead atoms. The van der Waals surface area contributed by atoms with Gasteiger partial charge in [0.2, 0.25) is 0 Å². The first-order valence-electron chi connectivity index (χ1n) is 18.5. The molecule has 0 fully saturated rings. The fraction of sp³-hybridized carbons (Fsp3) is 0.208. The molecule has 50 heavy (non-hydrogen) atoms. The van der Waals surface area contributed by atoms with E-state index in [1.54, 1.807) is 11.1 Å². The molecule has 1 heterocycles. The number of anilines is 2. The zero-order valence-electron chi connectivity index (χ0n) is 28.3. The molecule has 10 rings (SSSR count). The van der Waals surface area contributed by atoms with Gasteiger partial charge in [0.05, 0.1) is 0 Å². The topological polar surface area (TPSA) is 16.4 Å². The number of aryl methyl sites for hydroxylation is 1. The van der Waals surface area contributed by atoms with Gasteiger partial charge in [-0.3, -0.25) is 0 Å². The van der Waals surface area contributed by atoms with Gasteiger partial charge in [0, 0.05) is 58.1 Å². The second-order valence-corrected chi connectivity index (χ2v) is 14.5. The molecule has 6 aliphatic carbocycles. The van der Waals surface area contributed by atoms with Crippen molar-refractivity contribution in [1.82, 2.24) is 0 Å². The van der Waals surface area contributed by atoms with E-state index < -0.39 is 0 Å². The molecular formula is C48H41NO. The lowest BCUT2D eigenvalue weighted by atomic mass is 9.68. The molecule has 0 N–H and O–H groups in total. The fourth-order valence-corrected chi connectivity index (χ4v) is 9.29. The number of rotatable bonds is 5. The molecule has 0 saturated heterocycles. The summed E-state index contributed by atoms with van der Waals surface area (Å²) in [5.74, 6) is 2.84. The molecule has 2 heteroatoms. The number of allylic oxidation sites excluding steroid dienone is 17. The van der Waals surface area contributed by atoms with E-state index in [9.17, 15) is 0 Å². The summed E-state index contributed by atoms with van der Waals surface area (Å²) in [5.41, 5.74) is 14.9. The van der Waals surface area contributed by atoms with Crippen molar-refractivity contribution in [3.63, 3.8) is 0 Å². The van der Waals surface area contributed by atoms with Crippen molar-refractivity contribution in [2.24, 2.45) is 17.8 Å². The van der Waals surface area contributed by atoms with Crippen LogP contribution in [-0.4, -0.2) is 0 Å². The van der Waals surface area contributed by atoms with Crippen LogP contribution in [0.3, 0.4) is 0 Å². The van der Waals surface area contributed by atoms with Gasteiger partial charge in [0.15, 0.2) is 0 Å². The fourth-order valence-electron chi connectivity index (χ4n) is 9.29. The quantitative estimate of drug-likeness (QED) is 0.214. The van der Waals surface area contributed by atoms with E-state index >= 15 is 0 Å². The lowest BCUT2D eigenvalue weighted by Crippen LogP contribution is -2.24. The zero-order valence-corrected chi connectivity index (χ0v) is 28.3. The molecule has 0 spiro atoms. The average molecular weight is 648 g/mol. The van der Waals surface area contributed by atoms with Gasteiger partial charge < -0.3 is 9.32 Å². The van der Waals surface area contributed by atoms with E-state index in [-0.39, 0.29) is 0 Å². The molecule has 0 aliphatic heterocycles. The molecule has 4 aromatic rings. The van der Waals surface area contributed by atoms with Gasteiger partial charge in [-0.1, -0.05) is 115 Å². The van der Waals surface area contributed by atoms with E-state index in [0.29, 0.717) is 23.7 Å². The highest BCUT2D eigenvalue weighted by Crippen LogP contribution is 2.48. The van der Waals surface area contributed by atoms with Crippen molar-refractivity contribution >= 4 is 27.9 Å². The van der Waals surface area contributed by atoms with Gasteiger partial charge in [0.25, 0.3) is 0 Å². The maximum Gasteiger partial charge on any atom is 0.134 e. The Morgan fingerprint density at radius 3 is 2.38 bits per heavy atom. The van der Waals surface area contributed by atoms with Crippen LogP contribution in [0.25, 0.3) is 16.5 Å². The second-order valence-electron chi connectivity index (χ2n) is 14.5. The molecule has 4 atom stereocenters. The van der Waals surface area contributed by atoms with E-state index in [2.05, 4.69) is 157 Å². The smallest absolute Gasteiger partial charge is 0.134 e. The lowest BCUT2D eigenvalue weighted by molar-refractivity contribution is 0.541. The first kappa shape index (κ1) is 29.6. The Morgan fingerprint density at radius 2 is 1.50 bits per heavy atom. The number of fused-ring (bicyclic) bond motifs is 6. The number of nitrogens with zero attached hydrogens (tertiary/aromatic N) is 1. The van der Waals surface area contributed by atoms with Crippen LogP contribution in [0.15, 0.2) is 184 Å². The molecule has 0 radical (unpaired) electrons. The van der Waals surface area contributed by atoms with Crippen LogP contribution in [0, 0.1) is 17.8 Å². The van der Waals surface area contributed by atoms with Crippen LogP contribution < -0.4 is 4.90 Å². The summed E-state index contributed by atoms with van der Waals surface area (Å²) in [6, 6.07) is 28.7. The molecular weight excluding hydrogens is 607 g/mol.